The highest BCUT2D eigenvalue weighted by Crippen LogP contribution is 2.15. The summed E-state index contributed by atoms with van der Waals surface area (Å²) in [7, 11) is 0. The molecule has 0 N–H and O–H groups in total. The minimum absolute atomic E-state index is 0.0787. The molecule has 0 spiro atoms. The van der Waals surface area contributed by atoms with Crippen molar-refractivity contribution in [3.8, 4) is 0 Å². The Morgan fingerprint density at radius 1 is 0.323 bits per heavy atom. The number of carbonyl (C=O) groups is 3. The second kappa shape index (κ2) is 53.2. The predicted octanol–water partition coefficient (Wildman–Crippen LogP) is 18.0. The molecule has 0 aliphatic carbocycles. The summed E-state index contributed by atoms with van der Waals surface area (Å²) in [5.74, 6) is -0.902. The second-order valence-corrected chi connectivity index (χ2v) is 17.8. The molecule has 0 bridgehead atoms. The smallest absolute Gasteiger partial charge is 0.306 e. The highest BCUT2D eigenvalue weighted by atomic mass is 16.6. The van der Waals surface area contributed by atoms with Gasteiger partial charge in [0, 0.05) is 19.3 Å². The maximum absolute atomic E-state index is 12.7. The van der Waals surface area contributed by atoms with Crippen LogP contribution >= 0.6 is 0 Å². The molecule has 372 valence electrons. The molecule has 0 radical (unpaired) electrons. The average molecular weight is 905 g/mol. The Hall–Kier alpha value is -3.41. The topological polar surface area (TPSA) is 78.9 Å². The summed E-state index contributed by atoms with van der Waals surface area (Å²) in [6.45, 7) is 6.43. The Kier molecular flexibility index (Phi) is 50.4. The van der Waals surface area contributed by atoms with E-state index in [0.29, 0.717) is 19.3 Å². The molecule has 6 nitrogen and oxygen atoms in total. The first-order valence-corrected chi connectivity index (χ1v) is 27.1. The Balaban J connectivity index is 4.10. The molecule has 0 aliphatic rings. The van der Waals surface area contributed by atoms with E-state index in [4.69, 9.17) is 14.2 Å². The lowest BCUT2D eigenvalue weighted by Crippen LogP contribution is -2.30. The minimum Gasteiger partial charge on any atom is -0.462 e. The third-order valence-corrected chi connectivity index (χ3v) is 11.4. The molecule has 1 atom stereocenters. The van der Waals surface area contributed by atoms with Gasteiger partial charge in [-0.25, -0.2) is 0 Å². The predicted molar refractivity (Wildman–Crippen MR) is 279 cm³/mol. The van der Waals surface area contributed by atoms with Crippen molar-refractivity contribution >= 4 is 17.9 Å². The molecular formula is C59H100O6. The van der Waals surface area contributed by atoms with Gasteiger partial charge in [0.2, 0.25) is 0 Å². The van der Waals surface area contributed by atoms with Gasteiger partial charge in [-0.1, -0.05) is 241 Å². The van der Waals surface area contributed by atoms with Crippen LogP contribution in [0.15, 0.2) is 85.1 Å². The molecule has 0 amide bonds. The number of hydrogen-bond donors (Lipinski definition) is 0. The highest BCUT2D eigenvalue weighted by Gasteiger charge is 2.19. The normalized spacial score (nSPS) is 12.7. The van der Waals surface area contributed by atoms with Gasteiger partial charge in [-0.2, -0.15) is 0 Å². The van der Waals surface area contributed by atoms with Crippen molar-refractivity contribution in [2.24, 2.45) is 0 Å². The number of carbonyl (C=O) groups excluding carboxylic acids is 3. The third-order valence-electron chi connectivity index (χ3n) is 11.4. The van der Waals surface area contributed by atoms with E-state index in [0.717, 1.165) is 116 Å². The summed E-state index contributed by atoms with van der Waals surface area (Å²) in [5.41, 5.74) is 0. The van der Waals surface area contributed by atoms with Gasteiger partial charge in [-0.05, 0) is 77.0 Å². The molecule has 0 rings (SSSR count). The zero-order chi connectivity index (χ0) is 47.2. The van der Waals surface area contributed by atoms with Gasteiger partial charge >= 0.3 is 17.9 Å². The second-order valence-electron chi connectivity index (χ2n) is 17.8. The van der Waals surface area contributed by atoms with Crippen LogP contribution in [-0.4, -0.2) is 37.2 Å². The van der Waals surface area contributed by atoms with Crippen LogP contribution in [0.2, 0.25) is 0 Å². The highest BCUT2D eigenvalue weighted by molar-refractivity contribution is 5.71. The molecule has 1 unspecified atom stereocenters. The summed E-state index contributed by atoms with van der Waals surface area (Å²) in [5, 5.41) is 0. The van der Waals surface area contributed by atoms with Gasteiger partial charge in [0.1, 0.15) is 13.2 Å². The molecule has 65 heavy (non-hydrogen) atoms. The zero-order valence-corrected chi connectivity index (χ0v) is 42.5. The maximum atomic E-state index is 12.7. The molecule has 0 saturated carbocycles. The van der Waals surface area contributed by atoms with Crippen LogP contribution in [0.4, 0.5) is 0 Å². The Bertz CT molecular complexity index is 1270. The molecule has 0 heterocycles. The molecule has 0 aliphatic heterocycles. The standard InChI is InChI=1S/C59H100O6/c1-4-7-10-13-15-17-19-21-22-23-24-25-26-27-28-29-30-31-32-33-34-35-36-38-39-41-43-46-49-52-58(61)64-55-56(54-63-57(60)51-48-45-12-9-6-3)65-59(62)53-50-47-44-42-40-37-20-18-16-14-11-8-5-2/h7,10,15,17,21-22,24-25,27-28,30-31,33-34,56H,4-6,8-9,11-14,16,18-20,23,26,29,32,35-55H2,1-3H3/b10-7-,17-15-,22-21-,25-24-,28-27-,31-30-,34-33-. The number of unbranched alkanes of at least 4 members (excludes halogenated alkanes) is 23. The first-order chi connectivity index (χ1) is 32.0. The molecule has 0 fully saturated rings. The van der Waals surface area contributed by atoms with E-state index < -0.39 is 6.10 Å². The Morgan fingerprint density at radius 3 is 0.938 bits per heavy atom. The van der Waals surface area contributed by atoms with Crippen LogP contribution < -0.4 is 0 Å². The molecule has 0 aromatic heterocycles. The van der Waals surface area contributed by atoms with Gasteiger partial charge < -0.3 is 14.2 Å². The van der Waals surface area contributed by atoms with E-state index in [1.807, 2.05) is 0 Å². The number of hydrogen-bond acceptors (Lipinski definition) is 6. The van der Waals surface area contributed by atoms with E-state index >= 15 is 0 Å². The molecular weight excluding hydrogens is 805 g/mol. The summed E-state index contributed by atoms with van der Waals surface area (Å²) in [6.07, 6.45) is 69.0. The van der Waals surface area contributed by atoms with Crippen molar-refractivity contribution < 1.29 is 28.6 Å². The third kappa shape index (κ3) is 51.4. The first-order valence-electron chi connectivity index (χ1n) is 27.1. The van der Waals surface area contributed by atoms with Crippen molar-refractivity contribution in [1.82, 2.24) is 0 Å². The van der Waals surface area contributed by atoms with Gasteiger partial charge in [-0.15, -0.1) is 0 Å². The molecule has 6 heteroatoms. The number of rotatable bonds is 48. The van der Waals surface area contributed by atoms with Crippen molar-refractivity contribution in [3.63, 3.8) is 0 Å². The fraction of sp³-hybridized carbons (Fsp3) is 0.712. The van der Waals surface area contributed by atoms with E-state index in [9.17, 15) is 14.4 Å². The zero-order valence-electron chi connectivity index (χ0n) is 42.5. The van der Waals surface area contributed by atoms with Gasteiger partial charge in [0.25, 0.3) is 0 Å². The van der Waals surface area contributed by atoms with Crippen molar-refractivity contribution in [2.45, 2.75) is 258 Å². The fourth-order valence-corrected chi connectivity index (χ4v) is 7.36. The van der Waals surface area contributed by atoms with Gasteiger partial charge in [0.15, 0.2) is 6.10 Å². The van der Waals surface area contributed by atoms with Crippen molar-refractivity contribution in [2.75, 3.05) is 13.2 Å². The van der Waals surface area contributed by atoms with Gasteiger partial charge in [-0.3, -0.25) is 14.4 Å². The SMILES string of the molecule is CC/C=C\C/C=C\C/C=C\C/C=C\C/C=C\C/C=C\C/C=C\CCCCCCCCCC(=O)OCC(COC(=O)CCCCCCC)OC(=O)CCCCCCCCCCCCCCC. The van der Waals surface area contributed by atoms with E-state index in [1.54, 1.807) is 0 Å². The molecule has 0 saturated heterocycles. The number of allylic oxidation sites excluding steroid dienone is 14. The summed E-state index contributed by atoms with van der Waals surface area (Å²) < 4.78 is 16.7. The van der Waals surface area contributed by atoms with Gasteiger partial charge in [0.05, 0.1) is 0 Å². The number of esters is 3. The van der Waals surface area contributed by atoms with Crippen LogP contribution in [0.25, 0.3) is 0 Å². The first kappa shape index (κ1) is 61.6. The summed E-state index contributed by atoms with van der Waals surface area (Å²) in [4.78, 5) is 37.7. The summed E-state index contributed by atoms with van der Waals surface area (Å²) in [6, 6.07) is 0. The maximum Gasteiger partial charge on any atom is 0.306 e. The summed E-state index contributed by atoms with van der Waals surface area (Å²) >= 11 is 0. The van der Waals surface area contributed by atoms with Crippen LogP contribution in [0.1, 0.15) is 252 Å². The lowest BCUT2D eigenvalue weighted by Gasteiger charge is -2.18. The Morgan fingerprint density at radius 2 is 0.600 bits per heavy atom. The average Bonchev–Trinajstić information content (AvgIpc) is 3.30. The molecule has 0 aromatic carbocycles. The largest absolute Gasteiger partial charge is 0.462 e. The van der Waals surface area contributed by atoms with Crippen LogP contribution in [-0.2, 0) is 28.6 Å². The van der Waals surface area contributed by atoms with E-state index in [2.05, 4.69) is 106 Å². The molecule has 0 aromatic rings. The van der Waals surface area contributed by atoms with Crippen molar-refractivity contribution in [1.29, 1.82) is 0 Å². The van der Waals surface area contributed by atoms with E-state index in [1.165, 1.54) is 96.3 Å². The van der Waals surface area contributed by atoms with Crippen LogP contribution in [0, 0.1) is 0 Å². The quantitative estimate of drug-likeness (QED) is 0.0262. The number of ether oxygens (including phenoxy) is 3. The minimum atomic E-state index is -0.774. The van der Waals surface area contributed by atoms with E-state index in [-0.39, 0.29) is 31.1 Å². The Labute approximate surface area is 401 Å². The van der Waals surface area contributed by atoms with Crippen molar-refractivity contribution in [3.05, 3.63) is 85.1 Å². The lowest BCUT2D eigenvalue weighted by atomic mass is 10.0. The van der Waals surface area contributed by atoms with Crippen LogP contribution in [0.3, 0.4) is 0 Å². The van der Waals surface area contributed by atoms with Crippen LogP contribution in [0.5, 0.6) is 0 Å². The monoisotopic (exact) mass is 905 g/mol. The fourth-order valence-electron chi connectivity index (χ4n) is 7.36. The lowest BCUT2D eigenvalue weighted by molar-refractivity contribution is -0.167.